The summed E-state index contributed by atoms with van der Waals surface area (Å²) in [6, 6.07) is 10.6. The zero-order valence-electron chi connectivity index (χ0n) is 16.6. The van der Waals surface area contributed by atoms with Gasteiger partial charge in [-0.1, -0.05) is 23.5 Å². The molecular weight excluding hydrogens is 388 g/mol. The monoisotopic (exact) mass is 410 g/mol. The van der Waals surface area contributed by atoms with E-state index in [0.717, 1.165) is 15.8 Å². The summed E-state index contributed by atoms with van der Waals surface area (Å²) < 4.78 is 5.77. The summed E-state index contributed by atoms with van der Waals surface area (Å²) in [6.45, 7) is 6.01. The number of thiazole rings is 1. The largest absolute Gasteiger partial charge is 0.462 e. The van der Waals surface area contributed by atoms with Gasteiger partial charge >= 0.3 is 5.97 Å². The molecule has 0 radical (unpaired) electrons. The second-order valence-corrected chi connectivity index (χ2v) is 7.72. The van der Waals surface area contributed by atoms with E-state index >= 15 is 0 Å². The first-order chi connectivity index (χ1) is 13.9. The van der Waals surface area contributed by atoms with E-state index in [1.54, 1.807) is 31.2 Å². The number of fused-ring (bicyclic) bond motifs is 1. The molecule has 0 bridgehead atoms. The summed E-state index contributed by atoms with van der Waals surface area (Å²) in [5.41, 5.74) is 3.93. The lowest BCUT2D eigenvalue weighted by molar-refractivity contribution is -0.116. The van der Waals surface area contributed by atoms with Crippen molar-refractivity contribution in [3.05, 3.63) is 58.7 Å². The van der Waals surface area contributed by atoms with Gasteiger partial charge in [0.25, 0.3) is 0 Å². The van der Waals surface area contributed by atoms with Crippen molar-refractivity contribution in [2.24, 2.45) is 0 Å². The number of amides is 1. The fraction of sp³-hybridized carbons (Fsp3) is 0.273. The Labute approximate surface area is 172 Å². The van der Waals surface area contributed by atoms with Crippen molar-refractivity contribution < 1.29 is 19.1 Å². The van der Waals surface area contributed by atoms with Crippen LogP contribution in [0.5, 0.6) is 0 Å². The van der Waals surface area contributed by atoms with Crippen molar-refractivity contribution in [2.75, 3.05) is 11.9 Å². The molecule has 1 N–H and O–H groups in total. The second-order valence-electron chi connectivity index (χ2n) is 6.69. The number of Topliss-reactive ketones (excluding diaryl/α,β-unsaturated/α-hetero) is 1. The lowest BCUT2D eigenvalue weighted by atomic mass is 10.0. The number of rotatable bonds is 7. The number of aromatic nitrogens is 1. The van der Waals surface area contributed by atoms with E-state index in [2.05, 4.69) is 10.3 Å². The molecule has 0 saturated heterocycles. The molecule has 0 spiro atoms. The number of aryl methyl sites for hydroxylation is 2. The molecule has 0 aliphatic heterocycles. The lowest BCUT2D eigenvalue weighted by Gasteiger charge is -2.05. The third-order valence-electron chi connectivity index (χ3n) is 4.55. The first-order valence-electron chi connectivity index (χ1n) is 9.35. The first-order valence-corrected chi connectivity index (χ1v) is 10.2. The molecule has 2 aromatic carbocycles. The molecule has 1 heterocycles. The third-order valence-corrected chi connectivity index (χ3v) is 5.49. The number of benzene rings is 2. The van der Waals surface area contributed by atoms with E-state index < -0.39 is 5.97 Å². The maximum atomic E-state index is 12.3. The van der Waals surface area contributed by atoms with E-state index in [9.17, 15) is 14.4 Å². The number of ketones is 1. The van der Waals surface area contributed by atoms with Gasteiger partial charge in [0.05, 0.1) is 22.4 Å². The van der Waals surface area contributed by atoms with Gasteiger partial charge in [0, 0.05) is 18.4 Å². The molecule has 3 aromatic rings. The molecule has 1 aromatic heterocycles. The molecule has 150 valence electrons. The Bertz CT molecular complexity index is 1090. The number of anilines is 1. The van der Waals surface area contributed by atoms with Crippen LogP contribution in [0.2, 0.25) is 0 Å². The van der Waals surface area contributed by atoms with Crippen LogP contribution >= 0.6 is 11.3 Å². The molecule has 3 rings (SSSR count). The highest BCUT2D eigenvalue weighted by Gasteiger charge is 2.14. The number of ether oxygens (including phenoxy) is 1. The van der Waals surface area contributed by atoms with E-state index in [4.69, 9.17) is 4.74 Å². The molecule has 0 saturated carbocycles. The van der Waals surface area contributed by atoms with Gasteiger partial charge in [-0.25, -0.2) is 9.78 Å². The summed E-state index contributed by atoms with van der Waals surface area (Å²) in [5.74, 6) is -0.725. The zero-order chi connectivity index (χ0) is 21.0. The molecule has 0 unspecified atom stereocenters. The predicted molar refractivity (Wildman–Crippen MR) is 114 cm³/mol. The summed E-state index contributed by atoms with van der Waals surface area (Å²) in [6.07, 6.45) is 0.210. The van der Waals surface area contributed by atoms with Crippen molar-refractivity contribution >= 4 is 44.3 Å². The van der Waals surface area contributed by atoms with Crippen LogP contribution in [-0.4, -0.2) is 29.3 Å². The van der Waals surface area contributed by atoms with Crippen molar-refractivity contribution in [3.8, 4) is 0 Å². The van der Waals surface area contributed by atoms with Crippen molar-refractivity contribution in [1.29, 1.82) is 0 Å². The average molecular weight is 410 g/mol. The minimum Gasteiger partial charge on any atom is -0.462 e. The van der Waals surface area contributed by atoms with Crippen LogP contribution in [-0.2, 0) is 9.53 Å². The zero-order valence-corrected chi connectivity index (χ0v) is 17.4. The van der Waals surface area contributed by atoms with Crippen molar-refractivity contribution in [2.45, 2.75) is 33.6 Å². The Balaban J connectivity index is 1.61. The Kier molecular flexibility index (Phi) is 6.39. The fourth-order valence-electron chi connectivity index (χ4n) is 2.79. The summed E-state index contributed by atoms with van der Waals surface area (Å²) in [4.78, 5) is 40.8. The standard InChI is InChI=1S/C22H22N2O4S/c1-4-28-21(27)16-7-8-17-19(12-16)29-22(23-17)24-20(26)10-9-18(25)15-6-5-13(2)14(3)11-15/h5-8,11-12H,4,9-10H2,1-3H3,(H,23,24,26). The van der Waals surface area contributed by atoms with Gasteiger partial charge in [0.15, 0.2) is 10.9 Å². The van der Waals surface area contributed by atoms with Crippen LogP contribution in [0.4, 0.5) is 5.13 Å². The highest BCUT2D eigenvalue weighted by Crippen LogP contribution is 2.27. The van der Waals surface area contributed by atoms with Gasteiger partial charge in [-0.3, -0.25) is 9.59 Å². The SMILES string of the molecule is CCOC(=O)c1ccc2nc(NC(=O)CCC(=O)c3ccc(C)c(C)c3)sc2c1. The minimum atomic E-state index is -0.391. The highest BCUT2D eigenvalue weighted by atomic mass is 32.1. The Morgan fingerprint density at radius 1 is 1.00 bits per heavy atom. The molecular formula is C22H22N2O4S. The van der Waals surface area contributed by atoms with E-state index in [-0.39, 0.29) is 24.5 Å². The molecule has 7 heteroatoms. The number of esters is 1. The average Bonchev–Trinajstić information content (AvgIpc) is 3.09. The minimum absolute atomic E-state index is 0.0633. The Morgan fingerprint density at radius 3 is 2.48 bits per heavy atom. The summed E-state index contributed by atoms with van der Waals surface area (Å²) in [7, 11) is 0. The number of carbonyl (C=O) groups excluding carboxylic acids is 3. The van der Waals surface area contributed by atoms with E-state index in [1.807, 2.05) is 26.0 Å². The third kappa shape index (κ3) is 5.06. The maximum Gasteiger partial charge on any atom is 0.338 e. The van der Waals surface area contributed by atoms with Crippen molar-refractivity contribution in [1.82, 2.24) is 4.98 Å². The Morgan fingerprint density at radius 2 is 1.76 bits per heavy atom. The lowest BCUT2D eigenvalue weighted by Crippen LogP contribution is -2.13. The van der Waals surface area contributed by atoms with Gasteiger partial charge < -0.3 is 10.1 Å². The predicted octanol–water partition coefficient (Wildman–Crippen LogP) is 4.69. The molecule has 0 aliphatic carbocycles. The molecule has 1 amide bonds. The fourth-order valence-corrected chi connectivity index (χ4v) is 3.71. The van der Waals surface area contributed by atoms with Crippen LogP contribution in [0.3, 0.4) is 0 Å². The van der Waals surface area contributed by atoms with Gasteiger partial charge in [-0.2, -0.15) is 0 Å². The van der Waals surface area contributed by atoms with E-state index in [0.29, 0.717) is 28.4 Å². The van der Waals surface area contributed by atoms with Gasteiger partial charge in [-0.15, -0.1) is 0 Å². The van der Waals surface area contributed by atoms with Gasteiger partial charge in [0.1, 0.15) is 0 Å². The highest BCUT2D eigenvalue weighted by molar-refractivity contribution is 7.22. The van der Waals surface area contributed by atoms with E-state index in [1.165, 1.54) is 11.3 Å². The second kappa shape index (κ2) is 8.96. The van der Waals surface area contributed by atoms with Crippen LogP contribution in [0, 0.1) is 13.8 Å². The van der Waals surface area contributed by atoms with Crippen LogP contribution in [0.25, 0.3) is 10.2 Å². The summed E-state index contributed by atoms with van der Waals surface area (Å²) >= 11 is 1.27. The molecule has 0 atom stereocenters. The quantitative estimate of drug-likeness (QED) is 0.451. The van der Waals surface area contributed by atoms with Crippen molar-refractivity contribution in [3.63, 3.8) is 0 Å². The smallest absolute Gasteiger partial charge is 0.338 e. The van der Waals surface area contributed by atoms with Gasteiger partial charge in [0.2, 0.25) is 5.91 Å². The topological polar surface area (TPSA) is 85.4 Å². The number of nitrogens with zero attached hydrogens (tertiary/aromatic N) is 1. The molecule has 0 aliphatic rings. The number of hydrogen-bond acceptors (Lipinski definition) is 6. The van der Waals surface area contributed by atoms with Crippen LogP contribution < -0.4 is 5.32 Å². The molecule has 6 nitrogen and oxygen atoms in total. The normalized spacial score (nSPS) is 10.7. The summed E-state index contributed by atoms with van der Waals surface area (Å²) in [5, 5.41) is 3.17. The first kappa shape index (κ1) is 20.7. The maximum absolute atomic E-state index is 12.3. The Hall–Kier alpha value is -3.06. The van der Waals surface area contributed by atoms with Gasteiger partial charge in [-0.05, 0) is 56.2 Å². The molecule has 0 fully saturated rings. The number of hydrogen-bond donors (Lipinski definition) is 1. The van der Waals surface area contributed by atoms with Crippen LogP contribution in [0.1, 0.15) is 51.6 Å². The number of carbonyl (C=O) groups is 3. The van der Waals surface area contributed by atoms with Crippen LogP contribution in [0.15, 0.2) is 36.4 Å². The molecule has 29 heavy (non-hydrogen) atoms. The number of nitrogens with one attached hydrogen (secondary N) is 1.